The van der Waals surface area contributed by atoms with Crippen molar-refractivity contribution in [2.45, 2.75) is 52.2 Å². The molecule has 1 unspecified atom stereocenters. The van der Waals surface area contributed by atoms with Gasteiger partial charge in [0.2, 0.25) is 0 Å². The molecule has 2 rings (SSSR count). The molecule has 1 saturated carbocycles. The molecule has 2 fully saturated rings. The van der Waals surface area contributed by atoms with E-state index in [-0.39, 0.29) is 18.0 Å². The van der Waals surface area contributed by atoms with Crippen LogP contribution in [-0.4, -0.2) is 23.3 Å². The first-order chi connectivity index (χ1) is 9.52. The zero-order chi connectivity index (χ0) is 14.7. The van der Waals surface area contributed by atoms with Gasteiger partial charge >= 0.3 is 5.97 Å². The molecule has 1 N–H and O–H groups in total. The number of hydrogen-bond acceptors (Lipinski definition) is 3. The van der Waals surface area contributed by atoms with Crippen LogP contribution >= 0.6 is 0 Å². The third kappa shape index (κ3) is 3.24. The van der Waals surface area contributed by atoms with Crippen LogP contribution < -0.4 is 0 Å². The van der Waals surface area contributed by atoms with Gasteiger partial charge in [0.15, 0.2) is 0 Å². The average Bonchev–Trinajstić information content (AvgIpc) is 2.88. The molecular formula is C17H24O3. The van der Waals surface area contributed by atoms with Crippen LogP contribution in [0.25, 0.3) is 0 Å². The number of esters is 1. The van der Waals surface area contributed by atoms with Gasteiger partial charge in [0.25, 0.3) is 0 Å². The molecule has 1 aliphatic heterocycles. The van der Waals surface area contributed by atoms with E-state index in [1.165, 1.54) is 0 Å². The lowest BCUT2D eigenvalue weighted by molar-refractivity contribution is -0.141. The Balaban J connectivity index is 1.95. The summed E-state index contributed by atoms with van der Waals surface area (Å²) in [5, 5.41) is 10.1. The molecule has 1 heterocycles. The summed E-state index contributed by atoms with van der Waals surface area (Å²) in [6, 6.07) is 0. The Morgan fingerprint density at radius 2 is 2.30 bits per heavy atom. The Bertz CT molecular complexity index is 443. The molecule has 1 aliphatic carbocycles. The number of carbonyl (C=O) groups excluding carboxylic acids is 1. The van der Waals surface area contributed by atoms with Gasteiger partial charge in [0.05, 0.1) is 12.5 Å². The highest BCUT2D eigenvalue weighted by Gasteiger charge is 2.47. The van der Waals surface area contributed by atoms with E-state index in [2.05, 4.69) is 24.8 Å². The van der Waals surface area contributed by atoms with E-state index in [1.807, 2.05) is 19.9 Å². The molecule has 0 radical (unpaired) electrons. The fraction of sp³-hybridized carbons (Fsp3) is 0.706. The molecule has 20 heavy (non-hydrogen) atoms. The molecule has 3 heteroatoms. The molecule has 0 amide bonds. The SMILES string of the molecule is CC#CCC(C)[C@H](O)/C=C/[C@@H]1[C@H]2CC(=O)O[C@H]2C[C@H]1C. The number of aliphatic hydroxyl groups excluding tert-OH is 1. The molecule has 0 aromatic carbocycles. The zero-order valence-corrected chi connectivity index (χ0v) is 12.5. The van der Waals surface area contributed by atoms with Gasteiger partial charge in [-0.1, -0.05) is 26.0 Å². The number of hydrogen-bond donors (Lipinski definition) is 1. The number of rotatable bonds is 4. The van der Waals surface area contributed by atoms with Gasteiger partial charge in [-0.3, -0.25) is 4.79 Å². The first kappa shape index (κ1) is 15.1. The van der Waals surface area contributed by atoms with Crippen LogP contribution in [0.3, 0.4) is 0 Å². The van der Waals surface area contributed by atoms with Gasteiger partial charge in [0, 0.05) is 12.3 Å². The van der Waals surface area contributed by atoms with E-state index in [0.29, 0.717) is 30.6 Å². The molecule has 110 valence electrons. The fourth-order valence-electron chi connectivity index (χ4n) is 3.33. The van der Waals surface area contributed by atoms with E-state index < -0.39 is 6.10 Å². The topological polar surface area (TPSA) is 46.5 Å². The van der Waals surface area contributed by atoms with E-state index in [1.54, 1.807) is 0 Å². The van der Waals surface area contributed by atoms with E-state index in [9.17, 15) is 9.90 Å². The van der Waals surface area contributed by atoms with Gasteiger partial charge in [-0.15, -0.1) is 11.8 Å². The summed E-state index contributed by atoms with van der Waals surface area (Å²) in [4.78, 5) is 11.4. The standard InChI is InChI=1S/C17H24O3/c1-4-5-6-11(2)15(18)8-7-13-12(3)9-16-14(13)10-17(19)20-16/h7-8,11-16,18H,6,9-10H2,1-3H3/b8-7+/t11?,12-,13+,14-,15-,16+/m1/s1. The van der Waals surface area contributed by atoms with Crippen molar-refractivity contribution in [3.63, 3.8) is 0 Å². The molecule has 6 atom stereocenters. The Kier molecular flexibility index (Phi) is 4.88. The monoisotopic (exact) mass is 276 g/mol. The smallest absolute Gasteiger partial charge is 0.306 e. The minimum atomic E-state index is -0.472. The van der Waals surface area contributed by atoms with E-state index in [4.69, 9.17) is 4.74 Å². The highest BCUT2D eigenvalue weighted by molar-refractivity contribution is 5.72. The van der Waals surface area contributed by atoms with Gasteiger partial charge in [0.1, 0.15) is 6.10 Å². The van der Waals surface area contributed by atoms with Crippen LogP contribution in [0.4, 0.5) is 0 Å². The van der Waals surface area contributed by atoms with E-state index >= 15 is 0 Å². The van der Waals surface area contributed by atoms with Gasteiger partial charge in [-0.25, -0.2) is 0 Å². The summed E-state index contributed by atoms with van der Waals surface area (Å²) < 4.78 is 5.34. The molecule has 1 saturated heterocycles. The molecule has 2 aliphatic rings. The Morgan fingerprint density at radius 1 is 1.55 bits per heavy atom. The molecule has 0 aromatic rings. The lowest BCUT2D eigenvalue weighted by atomic mass is 9.87. The van der Waals surface area contributed by atoms with Crippen LogP contribution in [0.1, 0.15) is 40.0 Å². The van der Waals surface area contributed by atoms with Gasteiger partial charge in [-0.2, -0.15) is 0 Å². The van der Waals surface area contributed by atoms with Crippen molar-refractivity contribution in [3.05, 3.63) is 12.2 Å². The summed E-state index contributed by atoms with van der Waals surface area (Å²) >= 11 is 0. The molecular weight excluding hydrogens is 252 g/mol. The summed E-state index contributed by atoms with van der Waals surface area (Å²) in [5.41, 5.74) is 0. The summed E-state index contributed by atoms with van der Waals surface area (Å²) in [6.07, 6.45) is 5.77. The maximum Gasteiger partial charge on any atom is 0.306 e. The minimum absolute atomic E-state index is 0.0718. The highest BCUT2D eigenvalue weighted by Crippen LogP contribution is 2.45. The van der Waals surface area contributed by atoms with Crippen molar-refractivity contribution in [2.75, 3.05) is 0 Å². The van der Waals surface area contributed by atoms with Crippen molar-refractivity contribution in [1.82, 2.24) is 0 Å². The molecule has 3 nitrogen and oxygen atoms in total. The predicted octanol–water partition coefficient (Wildman–Crippen LogP) is 2.54. The summed E-state index contributed by atoms with van der Waals surface area (Å²) in [7, 11) is 0. The largest absolute Gasteiger partial charge is 0.462 e. The lowest BCUT2D eigenvalue weighted by Gasteiger charge is -2.18. The minimum Gasteiger partial charge on any atom is -0.462 e. The lowest BCUT2D eigenvalue weighted by Crippen LogP contribution is -2.17. The third-order valence-electron chi connectivity index (χ3n) is 4.63. The van der Waals surface area contributed by atoms with Crippen LogP contribution in [0, 0.1) is 35.5 Å². The Morgan fingerprint density at radius 3 is 3.00 bits per heavy atom. The molecule has 0 bridgehead atoms. The maximum absolute atomic E-state index is 11.4. The highest BCUT2D eigenvalue weighted by atomic mass is 16.6. The van der Waals surface area contributed by atoms with Crippen molar-refractivity contribution >= 4 is 5.97 Å². The van der Waals surface area contributed by atoms with E-state index in [0.717, 1.165) is 6.42 Å². The Hall–Kier alpha value is -1.27. The van der Waals surface area contributed by atoms with Crippen molar-refractivity contribution in [2.24, 2.45) is 23.7 Å². The number of carbonyl (C=O) groups is 1. The van der Waals surface area contributed by atoms with Gasteiger partial charge in [-0.05, 0) is 31.1 Å². The average molecular weight is 276 g/mol. The summed E-state index contributed by atoms with van der Waals surface area (Å²) in [6.45, 7) is 6.01. The zero-order valence-electron chi connectivity index (χ0n) is 12.5. The number of aliphatic hydroxyl groups is 1. The third-order valence-corrected chi connectivity index (χ3v) is 4.63. The van der Waals surface area contributed by atoms with Crippen LogP contribution in [0.2, 0.25) is 0 Å². The normalized spacial score (nSPS) is 35.3. The summed E-state index contributed by atoms with van der Waals surface area (Å²) in [5.74, 6) is 7.06. The van der Waals surface area contributed by atoms with Gasteiger partial charge < -0.3 is 9.84 Å². The molecule has 0 spiro atoms. The predicted molar refractivity (Wildman–Crippen MR) is 77.6 cm³/mol. The number of ether oxygens (including phenoxy) is 1. The van der Waals surface area contributed by atoms with Crippen molar-refractivity contribution in [3.8, 4) is 11.8 Å². The second kappa shape index (κ2) is 6.45. The second-order valence-corrected chi connectivity index (χ2v) is 6.17. The first-order valence-electron chi connectivity index (χ1n) is 7.48. The number of allylic oxidation sites excluding steroid dienone is 1. The maximum atomic E-state index is 11.4. The van der Waals surface area contributed by atoms with Crippen molar-refractivity contribution < 1.29 is 14.6 Å². The van der Waals surface area contributed by atoms with Crippen LogP contribution in [-0.2, 0) is 9.53 Å². The Labute approximate surface area is 121 Å². The fourth-order valence-corrected chi connectivity index (χ4v) is 3.33. The quantitative estimate of drug-likeness (QED) is 0.487. The number of fused-ring (bicyclic) bond motifs is 1. The first-order valence-corrected chi connectivity index (χ1v) is 7.48. The van der Waals surface area contributed by atoms with Crippen LogP contribution in [0.5, 0.6) is 0 Å². The van der Waals surface area contributed by atoms with Crippen molar-refractivity contribution in [1.29, 1.82) is 0 Å². The van der Waals surface area contributed by atoms with Crippen LogP contribution in [0.15, 0.2) is 12.2 Å². The second-order valence-electron chi connectivity index (χ2n) is 6.17. The molecule has 0 aromatic heterocycles.